The third-order valence-corrected chi connectivity index (χ3v) is 11.5. The van der Waals surface area contributed by atoms with Gasteiger partial charge in [-0.2, -0.15) is 0 Å². The molecule has 8 heteroatoms. The van der Waals surface area contributed by atoms with E-state index >= 15 is 0 Å². The fraction of sp³-hybridized carbons (Fsp3) is 0.476. The normalized spacial score (nSPS) is 20.7. The number of aromatic nitrogens is 2. The van der Waals surface area contributed by atoms with Crippen molar-refractivity contribution >= 4 is 35.5 Å². The molecule has 0 bridgehead atoms. The molecule has 4 heterocycles. The standard InChI is InChI=1S/C21H31N5O2.C21H21N/c27-18-16-21(6-1-2-7-21)17-19(28)26(18)11-4-3-10-24-12-14-25(15-13-24)20-22-8-5-9-23-20;1-22-14-12-18(13-15-22)21-19-8-4-2-6-16(19)10-11-17-7-3-5-9-20(17)21/h5,8-9H,1-4,6-7,10-17H2;2-11H,12-15H2,1H3. The van der Waals surface area contributed by atoms with Gasteiger partial charge in [0.15, 0.2) is 0 Å². The number of rotatable bonds is 6. The summed E-state index contributed by atoms with van der Waals surface area (Å²) in [6, 6.07) is 19.5. The highest BCUT2D eigenvalue weighted by Gasteiger charge is 2.44. The number of piperazine rings is 1. The number of piperidine rings is 2. The fourth-order valence-corrected chi connectivity index (χ4v) is 8.58. The van der Waals surface area contributed by atoms with Crippen molar-refractivity contribution in [2.24, 2.45) is 5.41 Å². The highest BCUT2D eigenvalue weighted by molar-refractivity contribution is 5.98. The molecule has 8 nitrogen and oxygen atoms in total. The van der Waals surface area contributed by atoms with Crippen LogP contribution in [-0.2, 0) is 9.59 Å². The summed E-state index contributed by atoms with van der Waals surface area (Å²) in [5.74, 6) is 0.938. The first kappa shape index (κ1) is 34.3. The van der Waals surface area contributed by atoms with Crippen LogP contribution in [0.15, 0.2) is 72.6 Å². The monoisotopic (exact) mass is 672 g/mol. The first-order valence-electron chi connectivity index (χ1n) is 18.8. The molecule has 3 aromatic rings. The zero-order valence-corrected chi connectivity index (χ0v) is 29.7. The van der Waals surface area contributed by atoms with Gasteiger partial charge in [-0.3, -0.25) is 19.4 Å². The van der Waals surface area contributed by atoms with E-state index in [-0.39, 0.29) is 17.2 Å². The maximum absolute atomic E-state index is 12.5. The third-order valence-electron chi connectivity index (χ3n) is 11.5. The van der Waals surface area contributed by atoms with Crippen molar-refractivity contribution in [1.29, 1.82) is 0 Å². The van der Waals surface area contributed by atoms with Gasteiger partial charge in [-0.25, -0.2) is 9.97 Å². The van der Waals surface area contributed by atoms with Crippen LogP contribution < -0.4 is 4.90 Å². The fourth-order valence-electron chi connectivity index (χ4n) is 8.58. The molecule has 2 aromatic carbocycles. The van der Waals surface area contributed by atoms with Crippen molar-refractivity contribution < 1.29 is 9.59 Å². The third kappa shape index (κ3) is 7.92. The number of fused-ring (bicyclic) bond motifs is 2. The van der Waals surface area contributed by atoms with Crippen molar-refractivity contribution in [2.45, 2.75) is 64.2 Å². The number of nitrogens with zero attached hydrogens (tertiary/aromatic N) is 6. The van der Waals surface area contributed by atoms with Crippen molar-refractivity contribution in [3.8, 4) is 0 Å². The predicted molar refractivity (Wildman–Crippen MR) is 201 cm³/mol. The minimum atomic E-state index is 0.00676. The molecule has 5 aliphatic rings. The predicted octanol–water partition coefficient (Wildman–Crippen LogP) is 6.79. The number of benzene rings is 2. The summed E-state index contributed by atoms with van der Waals surface area (Å²) in [6.45, 7) is 7.82. The molecular weight excluding hydrogens is 621 g/mol. The number of imide groups is 1. The van der Waals surface area contributed by atoms with Gasteiger partial charge in [-0.05, 0) is 91.4 Å². The Hall–Kier alpha value is -4.14. The number of anilines is 1. The molecule has 8 rings (SSSR count). The molecule has 3 aliphatic heterocycles. The van der Waals surface area contributed by atoms with Gasteiger partial charge in [0.05, 0.1) is 0 Å². The second kappa shape index (κ2) is 15.8. The van der Waals surface area contributed by atoms with Crippen molar-refractivity contribution in [3.05, 3.63) is 94.8 Å². The summed E-state index contributed by atoms with van der Waals surface area (Å²) in [6.07, 6.45) is 18.0. The van der Waals surface area contributed by atoms with Crippen molar-refractivity contribution in [2.75, 3.05) is 64.3 Å². The zero-order valence-electron chi connectivity index (χ0n) is 29.7. The number of amides is 2. The highest BCUT2D eigenvalue weighted by atomic mass is 16.2. The maximum Gasteiger partial charge on any atom is 0.229 e. The molecule has 2 amide bonds. The van der Waals surface area contributed by atoms with Gasteiger partial charge in [0.25, 0.3) is 0 Å². The SMILES string of the molecule is CN1CCC(=C2c3ccccc3C=Cc3ccccc32)CC1.O=C1CC2(CCCC2)CC(=O)N1CCCCN1CCN(c2ncccn2)CC1. The molecule has 2 aliphatic carbocycles. The van der Waals surface area contributed by atoms with Gasteiger partial charge in [0, 0.05) is 71.0 Å². The Morgan fingerprint density at radius 2 is 1.24 bits per heavy atom. The second-order valence-corrected chi connectivity index (χ2v) is 14.9. The summed E-state index contributed by atoms with van der Waals surface area (Å²) in [7, 11) is 2.22. The van der Waals surface area contributed by atoms with Gasteiger partial charge < -0.3 is 9.80 Å². The number of carbonyl (C=O) groups is 2. The zero-order chi connectivity index (χ0) is 34.3. The minimum absolute atomic E-state index is 0.00676. The van der Waals surface area contributed by atoms with E-state index < -0.39 is 0 Å². The molecule has 262 valence electrons. The van der Waals surface area contributed by atoms with Crippen LogP contribution in [-0.4, -0.2) is 95.9 Å². The first-order chi connectivity index (χ1) is 24.5. The Morgan fingerprint density at radius 1 is 0.680 bits per heavy atom. The van der Waals surface area contributed by atoms with E-state index in [1.807, 2.05) is 6.07 Å². The average molecular weight is 673 g/mol. The lowest BCUT2D eigenvalue weighted by Crippen LogP contribution is -2.48. The van der Waals surface area contributed by atoms with Gasteiger partial charge in [0.2, 0.25) is 17.8 Å². The Morgan fingerprint density at radius 3 is 1.84 bits per heavy atom. The van der Waals surface area contributed by atoms with Crippen LogP contribution in [0.4, 0.5) is 5.95 Å². The molecule has 0 N–H and O–H groups in total. The summed E-state index contributed by atoms with van der Waals surface area (Å²) < 4.78 is 0. The van der Waals surface area contributed by atoms with Crippen LogP contribution >= 0.6 is 0 Å². The van der Waals surface area contributed by atoms with Crippen LogP contribution in [0.25, 0.3) is 17.7 Å². The average Bonchev–Trinajstić information content (AvgIpc) is 3.52. The molecule has 0 radical (unpaired) electrons. The van der Waals surface area contributed by atoms with E-state index in [2.05, 4.69) is 92.4 Å². The van der Waals surface area contributed by atoms with E-state index in [0.29, 0.717) is 19.4 Å². The first-order valence-corrected chi connectivity index (χ1v) is 18.8. The van der Waals surface area contributed by atoms with E-state index in [1.54, 1.807) is 18.0 Å². The molecule has 4 fully saturated rings. The number of hydrogen-bond acceptors (Lipinski definition) is 7. The molecule has 0 unspecified atom stereocenters. The minimum Gasteiger partial charge on any atom is -0.338 e. The molecule has 0 atom stereocenters. The Bertz CT molecular complexity index is 1620. The maximum atomic E-state index is 12.5. The molecular formula is C42H52N6O2. The van der Waals surface area contributed by atoms with Crippen LogP contribution in [0, 0.1) is 5.41 Å². The Labute approximate surface area is 297 Å². The van der Waals surface area contributed by atoms with Gasteiger partial charge in [0.1, 0.15) is 0 Å². The van der Waals surface area contributed by atoms with Crippen molar-refractivity contribution in [1.82, 2.24) is 24.7 Å². The molecule has 1 aromatic heterocycles. The Kier molecular flexibility index (Phi) is 10.9. The number of carbonyl (C=O) groups excluding carboxylic acids is 2. The van der Waals surface area contributed by atoms with Crippen LogP contribution in [0.5, 0.6) is 0 Å². The summed E-state index contributed by atoms with van der Waals surface area (Å²) >= 11 is 0. The van der Waals surface area contributed by atoms with Gasteiger partial charge in [-0.15, -0.1) is 0 Å². The summed E-state index contributed by atoms with van der Waals surface area (Å²) in [5.41, 5.74) is 8.55. The van der Waals surface area contributed by atoms with E-state index in [9.17, 15) is 9.59 Å². The lowest BCUT2D eigenvalue weighted by Gasteiger charge is -2.37. The van der Waals surface area contributed by atoms with Crippen LogP contribution in [0.1, 0.15) is 86.5 Å². The number of likely N-dealkylation sites (tertiary alicyclic amines) is 2. The summed E-state index contributed by atoms with van der Waals surface area (Å²) in [4.78, 5) is 42.3. The topological polar surface area (TPSA) is 72.9 Å². The van der Waals surface area contributed by atoms with Crippen LogP contribution in [0.2, 0.25) is 0 Å². The van der Waals surface area contributed by atoms with Gasteiger partial charge >= 0.3 is 0 Å². The van der Waals surface area contributed by atoms with E-state index in [0.717, 1.165) is 77.4 Å². The molecule has 1 spiro atoms. The Balaban J connectivity index is 0.000000161. The number of hydrogen-bond donors (Lipinski definition) is 0. The quantitative estimate of drug-likeness (QED) is 0.165. The lowest BCUT2D eigenvalue weighted by molar-refractivity contribution is -0.153. The summed E-state index contributed by atoms with van der Waals surface area (Å²) in [5, 5.41) is 0. The smallest absolute Gasteiger partial charge is 0.229 e. The van der Waals surface area contributed by atoms with E-state index in [4.69, 9.17) is 0 Å². The van der Waals surface area contributed by atoms with Crippen LogP contribution in [0.3, 0.4) is 0 Å². The molecule has 1 saturated carbocycles. The second-order valence-electron chi connectivity index (χ2n) is 14.9. The highest BCUT2D eigenvalue weighted by Crippen LogP contribution is 2.47. The van der Waals surface area contributed by atoms with E-state index in [1.165, 1.54) is 58.4 Å². The number of unbranched alkanes of at least 4 members (excludes halogenated alkanes) is 1. The largest absolute Gasteiger partial charge is 0.338 e. The molecule has 3 saturated heterocycles. The van der Waals surface area contributed by atoms with Crippen molar-refractivity contribution in [3.63, 3.8) is 0 Å². The molecule has 50 heavy (non-hydrogen) atoms. The van der Waals surface area contributed by atoms with Gasteiger partial charge in [-0.1, -0.05) is 79.1 Å². The lowest BCUT2D eigenvalue weighted by atomic mass is 9.76.